The number of hydrogen-bond acceptors (Lipinski definition) is 6. The summed E-state index contributed by atoms with van der Waals surface area (Å²) in [5.41, 5.74) is 2.76. The van der Waals surface area contributed by atoms with Crippen LogP contribution in [0.4, 0.5) is 0 Å². The van der Waals surface area contributed by atoms with E-state index in [0.29, 0.717) is 28.9 Å². The monoisotopic (exact) mass is 344 g/mol. The first-order valence-electron chi connectivity index (χ1n) is 7.65. The highest BCUT2D eigenvalue weighted by Crippen LogP contribution is 2.36. The van der Waals surface area contributed by atoms with E-state index in [0.717, 1.165) is 5.56 Å². The number of para-hydroxylation sites is 1. The number of methoxy groups -OCH3 is 3. The van der Waals surface area contributed by atoms with Crippen LogP contribution in [0.3, 0.4) is 0 Å². The molecule has 0 bridgehead atoms. The van der Waals surface area contributed by atoms with Crippen molar-refractivity contribution in [1.29, 1.82) is 0 Å². The molecule has 0 aliphatic heterocycles. The summed E-state index contributed by atoms with van der Waals surface area (Å²) in [6, 6.07) is 10.1. The maximum atomic E-state index is 12.0. The van der Waals surface area contributed by atoms with E-state index in [4.69, 9.17) is 14.2 Å². The van der Waals surface area contributed by atoms with Crippen molar-refractivity contribution in [3.8, 4) is 16.9 Å². The number of hydrogen-bond donors (Lipinski definition) is 1. The van der Waals surface area contributed by atoms with Crippen molar-refractivity contribution in [2.24, 2.45) is 0 Å². The number of ether oxygens (including phenoxy) is 3. The zero-order valence-corrected chi connectivity index (χ0v) is 14.4. The molecule has 6 nitrogen and oxygen atoms in total. The molecule has 2 aromatic carbocycles. The second-order valence-electron chi connectivity index (χ2n) is 5.22. The Morgan fingerprint density at radius 2 is 1.68 bits per heavy atom. The number of aliphatic hydroxyl groups excluding tert-OH is 1. The molecule has 2 rings (SSSR count). The fourth-order valence-electron chi connectivity index (χ4n) is 2.65. The second-order valence-corrected chi connectivity index (χ2v) is 5.22. The van der Waals surface area contributed by atoms with Crippen LogP contribution < -0.4 is 4.74 Å². The minimum atomic E-state index is -0.522. The molecule has 0 atom stereocenters. The summed E-state index contributed by atoms with van der Waals surface area (Å²) in [4.78, 5) is 23.9. The molecule has 0 aliphatic rings. The van der Waals surface area contributed by atoms with Crippen LogP contribution in [0.5, 0.6) is 5.75 Å². The molecule has 0 fully saturated rings. The third-order valence-electron chi connectivity index (χ3n) is 3.83. The summed E-state index contributed by atoms with van der Waals surface area (Å²) < 4.78 is 15.0. The third kappa shape index (κ3) is 3.80. The van der Waals surface area contributed by atoms with Gasteiger partial charge in [-0.3, -0.25) is 0 Å². The minimum Gasteiger partial charge on any atom is -0.495 e. The number of aliphatic hydroxyl groups is 1. The number of carbonyl (C=O) groups is 2. The smallest absolute Gasteiger partial charge is 0.341 e. The van der Waals surface area contributed by atoms with Gasteiger partial charge < -0.3 is 19.3 Å². The molecule has 0 heterocycles. The maximum absolute atomic E-state index is 12.0. The van der Waals surface area contributed by atoms with Gasteiger partial charge in [0.05, 0.1) is 26.9 Å². The highest BCUT2D eigenvalue weighted by atomic mass is 16.5. The van der Waals surface area contributed by atoms with Crippen LogP contribution in [0.1, 0.15) is 26.3 Å². The molecule has 0 unspecified atom stereocenters. The van der Waals surface area contributed by atoms with Gasteiger partial charge in [-0.25, -0.2) is 9.59 Å². The van der Waals surface area contributed by atoms with Gasteiger partial charge in [-0.05, 0) is 35.7 Å². The van der Waals surface area contributed by atoms with Gasteiger partial charge in [0.25, 0.3) is 0 Å². The van der Waals surface area contributed by atoms with E-state index in [2.05, 4.69) is 0 Å². The van der Waals surface area contributed by atoms with E-state index >= 15 is 0 Å². The van der Waals surface area contributed by atoms with E-state index in [-0.39, 0.29) is 12.2 Å². The van der Waals surface area contributed by atoms with Crippen molar-refractivity contribution in [1.82, 2.24) is 0 Å². The first kappa shape index (κ1) is 18.5. The summed E-state index contributed by atoms with van der Waals surface area (Å²) in [6.07, 6.45) is 0.391. The Morgan fingerprint density at radius 1 is 0.960 bits per heavy atom. The lowest BCUT2D eigenvalue weighted by Gasteiger charge is -2.16. The van der Waals surface area contributed by atoms with Crippen molar-refractivity contribution >= 4 is 11.9 Å². The summed E-state index contributed by atoms with van der Waals surface area (Å²) in [5, 5.41) is 9.33. The lowest BCUT2D eigenvalue weighted by atomic mass is 9.93. The molecule has 2 aromatic rings. The first-order valence-corrected chi connectivity index (χ1v) is 7.65. The van der Waals surface area contributed by atoms with Crippen LogP contribution in [0.15, 0.2) is 36.4 Å². The van der Waals surface area contributed by atoms with Gasteiger partial charge in [0.1, 0.15) is 11.3 Å². The fourth-order valence-corrected chi connectivity index (χ4v) is 2.65. The largest absolute Gasteiger partial charge is 0.495 e. The van der Waals surface area contributed by atoms with E-state index in [1.165, 1.54) is 21.3 Å². The second kappa shape index (κ2) is 8.30. The van der Waals surface area contributed by atoms with E-state index in [9.17, 15) is 14.7 Å². The Hall–Kier alpha value is -2.86. The van der Waals surface area contributed by atoms with Crippen molar-refractivity contribution in [2.75, 3.05) is 27.9 Å². The van der Waals surface area contributed by atoms with Crippen LogP contribution >= 0.6 is 0 Å². The Labute approximate surface area is 146 Å². The lowest BCUT2D eigenvalue weighted by Crippen LogP contribution is -2.07. The topological polar surface area (TPSA) is 82.1 Å². The highest BCUT2D eigenvalue weighted by Gasteiger charge is 2.20. The predicted molar refractivity (Wildman–Crippen MR) is 91.9 cm³/mol. The molecule has 0 saturated heterocycles. The minimum absolute atomic E-state index is 0.0520. The molecule has 0 aliphatic carbocycles. The van der Waals surface area contributed by atoms with Gasteiger partial charge in [0.2, 0.25) is 0 Å². The SMILES string of the molecule is COC(=O)c1ccc(CCO)c(-c2cccc(C(=O)OC)c2OC)c1. The molecule has 0 saturated carbocycles. The normalized spacial score (nSPS) is 10.2. The van der Waals surface area contributed by atoms with Gasteiger partial charge in [-0.15, -0.1) is 0 Å². The molecule has 25 heavy (non-hydrogen) atoms. The Morgan fingerprint density at radius 3 is 2.28 bits per heavy atom. The standard InChI is InChI=1S/C19H20O6/c1-23-17-14(5-4-6-15(17)19(22)25-3)16-11-13(18(21)24-2)8-7-12(16)9-10-20/h4-8,11,20H,9-10H2,1-3H3. The number of carbonyl (C=O) groups excluding carboxylic acids is 2. The average Bonchev–Trinajstić information content (AvgIpc) is 2.66. The molecule has 132 valence electrons. The van der Waals surface area contributed by atoms with Crippen molar-refractivity contribution in [3.63, 3.8) is 0 Å². The van der Waals surface area contributed by atoms with Crippen LogP contribution in [0.25, 0.3) is 11.1 Å². The van der Waals surface area contributed by atoms with Gasteiger partial charge >= 0.3 is 11.9 Å². The zero-order chi connectivity index (χ0) is 18.4. The van der Waals surface area contributed by atoms with Crippen LogP contribution in [0.2, 0.25) is 0 Å². The van der Waals surface area contributed by atoms with E-state index in [1.807, 2.05) is 0 Å². The predicted octanol–water partition coefficient (Wildman–Crippen LogP) is 2.47. The van der Waals surface area contributed by atoms with Gasteiger partial charge in [-0.1, -0.05) is 18.2 Å². The van der Waals surface area contributed by atoms with Crippen LogP contribution in [0, 0.1) is 0 Å². The van der Waals surface area contributed by atoms with Gasteiger partial charge in [-0.2, -0.15) is 0 Å². The Kier molecular flexibility index (Phi) is 6.14. The van der Waals surface area contributed by atoms with Crippen LogP contribution in [-0.2, 0) is 15.9 Å². The summed E-state index contributed by atoms with van der Waals surface area (Å²) in [5.74, 6) is -0.651. The molecule has 0 radical (unpaired) electrons. The van der Waals surface area contributed by atoms with Gasteiger partial charge in [0, 0.05) is 12.2 Å². The summed E-state index contributed by atoms with van der Waals surface area (Å²) in [6.45, 7) is -0.0520. The van der Waals surface area contributed by atoms with Crippen molar-refractivity contribution in [3.05, 3.63) is 53.1 Å². The molecular weight excluding hydrogens is 324 g/mol. The summed E-state index contributed by atoms with van der Waals surface area (Å²) in [7, 11) is 4.06. The van der Waals surface area contributed by atoms with E-state index < -0.39 is 11.9 Å². The summed E-state index contributed by atoms with van der Waals surface area (Å²) >= 11 is 0. The lowest BCUT2D eigenvalue weighted by molar-refractivity contribution is 0.0589. The Bertz CT molecular complexity index is 781. The number of esters is 2. The quantitative estimate of drug-likeness (QED) is 0.811. The number of benzene rings is 2. The highest BCUT2D eigenvalue weighted by molar-refractivity contribution is 5.97. The third-order valence-corrected chi connectivity index (χ3v) is 3.83. The van der Waals surface area contributed by atoms with Gasteiger partial charge in [0.15, 0.2) is 0 Å². The van der Waals surface area contributed by atoms with Crippen LogP contribution in [-0.4, -0.2) is 45.0 Å². The molecule has 0 amide bonds. The molecule has 0 spiro atoms. The molecule has 1 N–H and O–H groups in total. The molecule has 0 aromatic heterocycles. The van der Waals surface area contributed by atoms with Crippen molar-refractivity contribution < 1.29 is 28.9 Å². The molecular formula is C19H20O6. The molecule has 6 heteroatoms. The van der Waals surface area contributed by atoms with E-state index in [1.54, 1.807) is 36.4 Å². The first-order chi connectivity index (χ1) is 12.1. The van der Waals surface area contributed by atoms with Crippen molar-refractivity contribution in [2.45, 2.75) is 6.42 Å². The number of rotatable bonds is 6. The average molecular weight is 344 g/mol. The maximum Gasteiger partial charge on any atom is 0.341 e. The fraction of sp³-hybridized carbons (Fsp3) is 0.263. The zero-order valence-electron chi connectivity index (χ0n) is 14.4. The Balaban J connectivity index is 2.70.